The fourth-order valence-electron chi connectivity index (χ4n) is 4.38. The van der Waals surface area contributed by atoms with Crippen molar-refractivity contribution in [3.63, 3.8) is 0 Å². The van der Waals surface area contributed by atoms with Crippen LogP contribution in [0.15, 0.2) is 16.8 Å². The molecule has 7 heteroatoms. The number of nitrogens with zero attached hydrogens (tertiary/aromatic N) is 3. The summed E-state index contributed by atoms with van der Waals surface area (Å²) in [6.45, 7) is 3.76. The van der Waals surface area contributed by atoms with Crippen LogP contribution in [0.4, 0.5) is 0 Å². The van der Waals surface area contributed by atoms with Gasteiger partial charge in [0.25, 0.3) is 5.91 Å². The van der Waals surface area contributed by atoms with Gasteiger partial charge in [0.05, 0.1) is 12.3 Å². The fraction of sp³-hybridized carbons (Fsp3) is 0.722. The highest BCUT2D eigenvalue weighted by Crippen LogP contribution is 2.40. The topological polar surface area (TPSA) is 75.9 Å². The van der Waals surface area contributed by atoms with Gasteiger partial charge in [0.1, 0.15) is 0 Å². The zero-order valence-corrected chi connectivity index (χ0v) is 14.5. The Hall–Kier alpha value is -1.89. The highest BCUT2D eigenvalue weighted by molar-refractivity contribution is 5.91. The third kappa shape index (κ3) is 3.42. The molecule has 0 aliphatic carbocycles. The van der Waals surface area contributed by atoms with Gasteiger partial charge in [0, 0.05) is 45.3 Å². The van der Waals surface area contributed by atoms with Gasteiger partial charge in [-0.15, -0.1) is 0 Å². The summed E-state index contributed by atoms with van der Waals surface area (Å²) in [5.41, 5.74) is 0.144. The molecule has 1 atom stereocenters. The average molecular weight is 347 g/mol. The van der Waals surface area contributed by atoms with E-state index in [0.29, 0.717) is 25.3 Å². The van der Waals surface area contributed by atoms with Crippen molar-refractivity contribution < 1.29 is 18.8 Å². The number of piperidine rings is 2. The Balaban J connectivity index is 1.36. The lowest BCUT2D eigenvalue weighted by atomic mass is 9.72. The lowest BCUT2D eigenvalue weighted by Gasteiger charge is -2.47. The van der Waals surface area contributed by atoms with Gasteiger partial charge in [-0.2, -0.15) is 0 Å². The molecule has 4 heterocycles. The zero-order chi connectivity index (χ0) is 17.3. The van der Waals surface area contributed by atoms with Crippen molar-refractivity contribution >= 4 is 11.8 Å². The highest BCUT2D eigenvalue weighted by atomic mass is 16.5. The minimum atomic E-state index is -0.0875. The Morgan fingerprint density at radius 2 is 2.16 bits per heavy atom. The van der Waals surface area contributed by atoms with Crippen LogP contribution in [0.2, 0.25) is 0 Å². The molecule has 3 aliphatic heterocycles. The van der Waals surface area contributed by atoms with Crippen molar-refractivity contribution in [2.75, 3.05) is 32.8 Å². The maximum absolute atomic E-state index is 12.4. The number of carbonyl (C=O) groups is 2. The first-order valence-corrected chi connectivity index (χ1v) is 9.25. The molecule has 0 unspecified atom stereocenters. The van der Waals surface area contributed by atoms with Crippen LogP contribution in [0.1, 0.15) is 49.1 Å². The van der Waals surface area contributed by atoms with Crippen molar-refractivity contribution in [3.05, 3.63) is 18.0 Å². The summed E-state index contributed by atoms with van der Waals surface area (Å²) in [6, 6.07) is 1.61. The second-order valence-electron chi connectivity index (χ2n) is 7.58. The minimum absolute atomic E-state index is 0.0875. The van der Waals surface area contributed by atoms with E-state index in [1.54, 1.807) is 6.07 Å². The number of carbonyl (C=O) groups excluding carboxylic acids is 2. The van der Waals surface area contributed by atoms with Gasteiger partial charge in [0.2, 0.25) is 11.7 Å². The van der Waals surface area contributed by atoms with Crippen molar-refractivity contribution in [2.24, 2.45) is 5.41 Å². The van der Waals surface area contributed by atoms with Gasteiger partial charge >= 0.3 is 0 Å². The van der Waals surface area contributed by atoms with Crippen LogP contribution in [0.25, 0.3) is 0 Å². The Bertz CT molecular complexity index is 616. The molecule has 0 saturated carbocycles. The van der Waals surface area contributed by atoms with E-state index in [1.165, 1.54) is 6.20 Å². The number of hydrogen-bond acceptors (Lipinski definition) is 5. The van der Waals surface area contributed by atoms with E-state index in [9.17, 15) is 9.59 Å². The summed E-state index contributed by atoms with van der Waals surface area (Å²) in [7, 11) is 0. The maximum atomic E-state index is 12.4. The molecule has 1 aromatic rings. The molecule has 0 radical (unpaired) electrons. The van der Waals surface area contributed by atoms with Gasteiger partial charge in [-0.3, -0.25) is 9.59 Å². The fourth-order valence-corrected chi connectivity index (χ4v) is 4.38. The molecular weight excluding hydrogens is 322 g/mol. The van der Waals surface area contributed by atoms with Crippen LogP contribution in [0.3, 0.4) is 0 Å². The smallest absolute Gasteiger partial charge is 0.292 e. The van der Waals surface area contributed by atoms with Crippen molar-refractivity contribution in [2.45, 2.75) is 44.6 Å². The largest absolute Gasteiger partial charge is 0.376 e. The maximum Gasteiger partial charge on any atom is 0.292 e. The number of aromatic nitrogens is 1. The molecule has 7 nitrogen and oxygen atoms in total. The van der Waals surface area contributed by atoms with Crippen LogP contribution < -0.4 is 0 Å². The number of ether oxygens (including phenoxy) is 1. The molecule has 4 rings (SSSR count). The molecule has 0 aromatic carbocycles. The van der Waals surface area contributed by atoms with E-state index in [4.69, 9.17) is 9.26 Å². The molecule has 136 valence electrons. The molecule has 2 amide bonds. The first-order valence-electron chi connectivity index (χ1n) is 9.25. The number of hydrogen-bond donors (Lipinski definition) is 0. The number of amides is 2. The van der Waals surface area contributed by atoms with E-state index >= 15 is 0 Å². The molecule has 1 aromatic heterocycles. The third-order valence-electron chi connectivity index (χ3n) is 5.96. The lowest BCUT2D eigenvalue weighted by molar-refractivity contribution is -0.141. The summed E-state index contributed by atoms with van der Waals surface area (Å²) < 4.78 is 10.7. The van der Waals surface area contributed by atoms with Crippen molar-refractivity contribution in [3.8, 4) is 0 Å². The van der Waals surface area contributed by atoms with E-state index in [-0.39, 0.29) is 23.3 Å². The van der Waals surface area contributed by atoms with Gasteiger partial charge in [-0.25, -0.2) is 0 Å². The van der Waals surface area contributed by atoms with Gasteiger partial charge in [0.15, 0.2) is 0 Å². The van der Waals surface area contributed by atoms with Crippen LogP contribution in [-0.2, 0) is 9.53 Å². The first kappa shape index (κ1) is 16.6. The van der Waals surface area contributed by atoms with Crippen molar-refractivity contribution in [1.82, 2.24) is 15.0 Å². The van der Waals surface area contributed by atoms with Crippen LogP contribution in [-0.4, -0.2) is 65.7 Å². The highest BCUT2D eigenvalue weighted by Gasteiger charge is 2.42. The van der Waals surface area contributed by atoms with Crippen LogP contribution in [0, 0.1) is 5.41 Å². The first-order chi connectivity index (χ1) is 12.2. The normalized spacial score (nSPS) is 26.4. The molecule has 0 N–H and O–H groups in total. The van der Waals surface area contributed by atoms with E-state index in [0.717, 1.165) is 51.8 Å². The molecule has 3 saturated heterocycles. The zero-order valence-electron chi connectivity index (χ0n) is 14.5. The molecule has 0 bridgehead atoms. The number of likely N-dealkylation sites (tertiary alicyclic amines) is 2. The SMILES string of the molecule is O=C1CCC2(CCN(C(=O)c3ccno3)CC2)CN1C[C@H]1CCCO1. The molecule has 3 aliphatic rings. The molecule has 3 fully saturated rings. The number of rotatable bonds is 3. The lowest BCUT2D eigenvalue weighted by Crippen LogP contribution is -2.53. The summed E-state index contributed by atoms with van der Waals surface area (Å²) in [5.74, 6) is 0.464. The van der Waals surface area contributed by atoms with E-state index in [2.05, 4.69) is 5.16 Å². The van der Waals surface area contributed by atoms with Gasteiger partial charge in [-0.05, 0) is 37.5 Å². The van der Waals surface area contributed by atoms with Crippen LogP contribution in [0.5, 0.6) is 0 Å². The Labute approximate surface area is 147 Å². The summed E-state index contributed by atoms with van der Waals surface area (Å²) >= 11 is 0. The molecule has 25 heavy (non-hydrogen) atoms. The second-order valence-corrected chi connectivity index (χ2v) is 7.58. The summed E-state index contributed by atoms with van der Waals surface area (Å²) in [5, 5.41) is 3.61. The quantitative estimate of drug-likeness (QED) is 0.832. The third-order valence-corrected chi connectivity index (χ3v) is 5.96. The predicted octanol–water partition coefficient (Wildman–Crippen LogP) is 1.70. The second kappa shape index (κ2) is 6.78. The average Bonchev–Trinajstić information content (AvgIpc) is 3.32. The van der Waals surface area contributed by atoms with Gasteiger partial charge in [-0.1, -0.05) is 5.16 Å². The minimum Gasteiger partial charge on any atom is -0.376 e. The van der Waals surface area contributed by atoms with E-state index < -0.39 is 0 Å². The molecular formula is C18H25N3O4. The summed E-state index contributed by atoms with van der Waals surface area (Å²) in [4.78, 5) is 28.6. The summed E-state index contributed by atoms with van der Waals surface area (Å²) in [6.07, 6.45) is 7.25. The Kier molecular flexibility index (Phi) is 4.50. The van der Waals surface area contributed by atoms with Crippen molar-refractivity contribution in [1.29, 1.82) is 0 Å². The van der Waals surface area contributed by atoms with Gasteiger partial charge < -0.3 is 19.1 Å². The standard InChI is InChI=1S/C18H25N3O4/c22-16-3-5-18(13-21(16)12-14-2-1-11-24-14)6-9-20(10-7-18)17(23)15-4-8-19-25-15/h4,8,14H,1-3,5-7,9-13H2/t14-/m1/s1. The Morgan fingerprint density at radius 3 is 2.84 bits per heavy atom. The molecule has 1 spiro atoms. The van der Waals surface area contributed by atoms with Crippen LogP contribution >= 0.6 is 0 Å². The monoisotopic (exact) mass is 347 g/mol. The van der Waals surface area contributed by atoms with E-state index in [1.807, 2.05) is 9.80 Å². The predicted molar refractivity (Wildman–Crippen MR) is 88.9 cm³/mol. The Morgan fingerprint density at radius 1 is 1.32 bits per heavy atom.